The molecule has 0 spiro atoms. The van der Waals surface area contributed by atoms with Gasteiger partial charge in [0.1, 0.15) is 11.3 Å². The molecule has 0 unspecified atom stereocenters. The standard InChI is InChI=1S/C7H3FNO/c8-5-1-2-7-6(3-5)9-4-10-7/h1-3H. The molecule has 2 rings (SSSR count). The van der Waals surface area contributed by atoms with Crippen LogP contribution in [-0.4, -0.2) is 4.98 Å². The Labute approximate surface area is 56.3 Å². The normalized spacial score (nSPS) is 10.5. The van der Waals surface area contributed by atoms with Crippen LogP contribution in [0.5, 0.6) is 0 Å². The van der Waals surface area contributed by atoms with Gasteiger partial charge in [0.2, 0.25) is 0 Å². The predicted octanol–water partition coefficient (Wildman–Crippen LogP) is 1.77. The molecular weight excluding hydrogens is 133 g/mol. The van der Waals surface area contributed by atoms with Crippen molar-refractivity contribution in [2.24, 2.45) is 0 Å². The SMILES string of the molecule is Fc1ccc2o[c]nc2c1. The van der Waals surface area contributed by atoms with Crippen molar-refractivity contribution in [1.82, 2.24) is 4.98 Å². The van der Waals surface area contributed by atoms with Crippen LogP contribution < -0.4 is 0 Å². The summed E-state index contributed by atoms with van der Waals surface area (Å²) in [5.74, 6) is -0.310. The minimum Gasteiger partial charge on any atom is -0.432 e. The number of hydrogen-bond acceptors (Lipinski definition) is 2. The summed E-state index contributed by atoms with van der Waals surface area (Å²) in [5.41, 5.74) is 1.06. The van der Waals surface area contributed by atoms with Crippen LogP contribution in [0.4, 0.5) is 4.39 Å². The van der Waals surface area contributed by atoms with Gasteiger partial charge in [-0.3, -0.25) is 0 Å². The van der Waals surface area contributed by atoms with E-state index in [0.29, 0.717) is 11.1 Å². The monoisotopic (exact) mass is 136 g/mol. The third-order valence-corrected chi connectivity index (χ3v) is 1.24. The maximum atomic E-state index is 12.4. The first kappa shape index (κ1) is 5.41. The molecule has 2 aromatic rings. The molecule has 0 aliphatic heterocycles. The Hall–Kier alpha value is -1.38. The highest BCUT2D eigenvalue weighted by molar-refractivity contribution is 5.71. The van der Waals surface area contributed by atoms with Gasteiger partial charge in [-0.2, -0.15) is 0 Å². The van der Waals surface area contributed by atoms with Gasteiger partial charge < -0.3 is 4.42 Å². The van der Waals surface area contributed by atoms with E-state index in [2.05, 4.69) is 11.4 Å². The van der Waals surface area contributed by atoms with Crippen LogP contribution in [0.3, 0.4) is 0 Å². The molecular formula is C7H3FNO. The van der Waals surface area contributed by atoms with Gasteiger partial charge in [0.25, 0.3) is 6.39 Å². The molecule has 0 amide bonds. The summed E-state index contributed by atoms with van der Waals surface area (Å²) >= 11 is 0. The number of rotatable bonds is 0. The second-order valence-electron chi connectivity index (χ2n) is 1.92. The number of halogens is 1. The van der Waals surface area contributed by atoms with Gasteiger partial charge in [0.05, 0.1) is 0 Å². The number of hydrogen-bond donors (Lipinski definition) is 0. The molecule has 49 valence electrons. The predicted molar refractivity (Wildman–Crippen MR) is 32.8 cm³/mol. The van der Waals surface area contributed by atoms with Crippen LogP contribution in [-0.2, 0) is 0 Å². The molecule has 3 heteroatoms. The fraction of sp³-hybridized carbons (Fsp3) is 0. The first-order valence-corrected chi connectivity index (χ1v) is 2.78. The second kappa shape index (κ2) is 1.80. The van der Waals surface area contributed by atoms with Gasteiger partial charge in [-0.05, 0) is 12.1 Å². The molecule has 0 saturated carbocycles. The highest BCUT2D eigenvalue weighted by Crippen LogP contribution is 2.11. The molecule has 0 aliphatic rings. The van der Waals surface area contributed by atoms with E-state index in [1.54, 1.807) is 0 Å². The van der Waals surface area contributed by atoms with Gasteiger partial charge in [-0.1, -0.05) is 0 Å². The van der Waals surface area contributed by atoms with E-state index in [9.17, 15) is 4.39 Å². The molecule has 1 aromatic carbocycles. The maximum absolute atomic E-state index is 12.4. The average molecular weight is 136 g/mol. The van der Waals surface area contributed by atoms with Crippen molar-refractivity contribution in [1.29, 1.82) is 0 Å². The Morgan fingerprint density at radius 3 is 3.30 bits per heavy atom. The van der Waals surface area contributed by atoms with Gasteiger partial charge >= 0.3 is 0 Å². The topological polar surface area (TPSA) is 26.0 Å². The van der Waals surface area contributed by atoms with Crippen LogP contribution in [0.25, 0.3) is 11.1 Å². The lowest BCUT2D eigenvalue weighted by Crippen LogP contribution is -1.71. The highest BCUT2D eigenvalue weighted by atomic mass is 19.1. The van der Waals surface area contributed by atoms with Crippen molar-refractivity contribution in [2.45, 2.75) is 0 Å². The average Bonchev–Trinajstić information content (AvgIpc) is 2.33. The third-order valence-electron chi connectivity index (χ3n) is 1.24. The number of fused-ring (bicyclic) bond motifs is 1. The number of aromatic nitrogens is 1. The van der Waals surface area contributed by atoms with Gasteiger partial charge in [0.15, 0.2) is 5.58 Å². The maximum Gasteiger partial charge on any atom is 0.284 e. The minimum absolute atomic E-state index is 0.310. The fourth-order valence-electron chi connectivity index (χ4n) is 0.785. The molecule has 0 saturated heterocycles. The van der Waals surface area contributed by atoms with Crippen molar-refractivity contribution in [2.75, 3.05) is 0 Å². The Morgan fingerprint density at radius 2 is 2.40 bits per heavy atom. The molecule has 0 fully saturated rings. The first-order chi connectivity index (χ1) is 4.86. The van der Waals surface area contributed by atoms with E-state index in [-0.39, 0.29) is 5.82 Å². The Kier molecular flexibility index (Phi) is 0.974. The lowest BCUT2D eigenvalue weighted by Gasteiger charge is -1.84. The molecule has 0 atom stereocenters. The van der Waals surface area contributed by atoms with Crippen LogP contribution in [0.2, 0.25) is 0 Å². The zero-order chi connectivity index (χ0) is 6.97. The lowest BCUT2D eigenvalue weighted by atomic mass is 10.3. The molecule has 1 radical (unpaired) electrons. The van der Waals surface area contributed by atoms with Crippen molar-refractivity contribution >= 4 is 11.1 Å². The summed E-state index contributed by atoms with van der Waals surface area (Å²) < 4.78 is 17.2. The largest absolute Gasteiger partial charge is 0.432 e. The summed E-state index contributed by atoms with van der Waals surface area (Å²) in [4.78, 5) is 3.65. The van der Waals surface area contributed by atoms with E-state index in [4.69, 9.17) is 4.42 Å². The van der Waals surface area contributed by atoms with Gasteiger partial charge in [0, 0.05) is 6.07 Å². The lowest BCUT2D eigenvalue weighted by molar-refractivity contribution is 0.589. The Balaban J connectivity index is 2.86. The molecule has 0 N–H and O–H groups in total. The summed E-state index contributed by atoms with van der Waals surface area (Å²) in [6, 6.07) is 4.14. The first-order valence-electron chi connectivity index (χ1n) is 2.78. The van der Waals surface area contributed by atoms with E-state index in [1.165, 1.54) is 18.2 Å². The molecule has 1 aromatic heterocycles. The highest BCUT2D eigenvalue weighted by Gasteiger charge is 1.97. The molecule has 1 heterocycles. The minimum atomic E-state index is -0.310. The Bertz CT molecular complexity index is 355. The summed E-state index contributed by atoms with van der Waals surface area (Å²) in [5, 5.41) is 0. The van der Waals surface area contributed by atoms with E-state index in [1.807, 2.05) is 0 Å². The Morgan fingerprint density at radius 1 is 1.50 bits per heavy atom. The van der Waals surface area contributed by atoms with Crippen molar-refractivity contribution in [3.8, 4) is 0 Å². The second-order valence-corrected chi connectivity index (χ2v) is 1.92. The quantitative estimate of drug-likeness (QED) is 0.551. The third kappa shape index (κ3) is 0.673. The number of oxazole rings is 1. The van der Waals surface area contributed by atoms with E-state index in [0.717, 1.165) is 0 Å². The summed E-state index contributed by atoms with van der Waals surface area (Å²) in [7, 11) is 0. The van der Waals surface area contributed by atoms with Gasteiger partial charge in [-0.15, -0.1) is 0 Å². The smallest absolute Gasteiger partial charge is 0.284 e. The van der Waals surface area contributed by atoms with Crippen LogP contribution in [0.15, 0.2) is 22.6 Å². The fourth-order valence-corrected chi connectivity index (χ4v) is 0.785. The van der Waals surface area contributed by atoms with Crippen molar-refractivity contribution in [3.05, 3.63) is 30.4 Å². The summed E-state index contributed by atoms with van der Waals surface area (Å²) in [6.45, 7) is 0. The summed E-state index contributed by atoms with van der Waals surface area (Å²) in [6.07, 6.45) is 2.27. The molecule has 0 aliphatic carbocycles. The van der Waals surface area contributed by atoms with Crippen LogP contribution in [0, 0.1) is 12.2 Å². The van der Waals surface area contributed by atoms with Crippen LogP contribution in [0.1, 0.15) is 0 Å². The number of benzene rings is 1. The van der Waals surface area contributed by atoms with Crippen molar-refractivity contribution < 1.29 is 8.81 Å². The zero-order valence-corrected chi connectivity index (χ0v) is 4.97. The molecule has 2 nitrogen and oxygen atoms in total. The molecule has 0 bridgehead atoms. The van der Waals surface area contributed by atoms with Crippen LogP contribution >= 0.6 is 0 Å². The number of nitrogens with zero attached hydrogens (tertiary/aromatic N) is 1. The van der Waals surface area contributed by atoms with Gasteiger partial charge in [-0.25, -0.2) is 9.37 Å². The van der Waals surface area contributed by atoms with E-state index >= 15 is 0 Å². The van der Waals surface area contributed by atoms with E-state index < -0.39 is 0 Å². The van der Waals surface area contributed by atoms with Crippen molar-refractivity contribution in [3.63, 3.8) is 0 Å². The zero-order valence-electron chi connectivity index (χ0n) is 4.97. The molecule has 10 heavy (non-hydrogen) atoms.